The highest BCUT2D eigenvalue weighted by atomic mass is 35.5. The van der Waals surface area contributed by atoms with E-state index in [4.69, 9.17) is 16.3 Å². The number of hydrogen-bond donors (Lipinski definition) is 0. The Bertz CT molecular complexity index is 642. The fourth-order valence-electron chi connectivity index (χ4n) is 2.38. The number of likely N-dealkylation sites (tertiary alicyclic amines) is 1. The van der Waals surface area contributed by atoms with Gasteiger partial charge in [-0.15, -0.1) is 0 Å². The lowest BCUT2D eigenvalue weighted by atomic mass is 10.1. The van der Waals surface area contributed by atoms with E-state index in [1.165, 1.54) is 0 Å². The zero-order valence-corrected chi connectivity index (χ0v) is 12.9. The van der Waals surface area contributed by atoms with Gasteiger partial charge in [0.25, 0.3) is 0 Å². The van der Waals surface area contributed by atoms with Crippen LogP contribution in [-0.2, 0) is 11.2 Å². The third-order valence-corrected chi connectivity index (χ3v) is 3.96. The number of carbonyl (C=O) groups excluding carboxylic acids is 1. The predicted octanol–water partition coefficient (Wildman–Crippen LogP) is 2.96. The zero-order valence-electron chi connectivity index (χ0n) is 12.1. The molecule has 1 fully saturated rings. The fourth-order valence-corrected chi connectivity index (χ4v) is 2.56. The first-order valence-electron chi connectivity index (χ1n) is 7.31. The van der Waals surface area contributed by atoms with Crippen LogP contribution in [0.15, 0.2) is 48.7 Å². The normalized spacial score (nSPS) is 14.5. The Morgan fingerprint density at radius 3 is 2.73 bits per heavy atom. The van der Waals surface area contributed by atoms with Crippen molar-refractivity contribution in [3.63, 3.8) is 0 Å². The van der Waals surface area contributed by atoms with Crippen LogP contribution in [-0.4, -0.2) is 35.0 Å². The second kappa shape index (κ2) is 6.79. The number of ether oxygens (including phenoxy) is 1. The monoisotopic (exact) mass is 316 g/mol. The van der Waals surface area contributed by atoms with Crippen molar-refractivity contribution in [3.8, 4) is 5.75 Å². The Kier molecular flexibility index (Phi) is 4.59. The second-order valence-corrected chi connectivity index (χ2v) is 5.70. The maximum atomic E-state index is 12.1. The van der Waals surface area contributed by atoms with Gasteiger partial charge >= 0.3 is 0 Å². The molecule has 1 amide bonds. The third kappa shape index (κ3) is 3.57. The van der Waals surface area contributed by atoms with Crippen LogP contribution in [0, 0.1) is 0 Å². The van der Waals surface area contributed by atoms with Crippen LogP contribution in [0.3, 0.4) is 0 Å². The van der Waals surface area contributed by atoms with Gasteiger partial charge in [0.05, 0.1) is 18.1 Å². The van der Waals surface area contributed by atoms with Gasteiger partial charge in [-0.1, -0.05) is 29.8 Å². The van der Waals surface area contributed by atoms with Crippen LogP contribution in [0.5, 0.6) is 5.75 Å². The van der Waals surface area contributed by atoms with Gasteiger partial charge in [-0.05, 0) is 30.7 Å². The number of aryl methyl sites for hydroxylation is 1. The average molecular weight is 317 g/mol. The summed E-state index contributed by atoms with van der Waals surface area (Å²) >= 11 is 6.05. The molecule has 2 aromatic rings. The molecule has 3 rings (SSSR count). The van der Waals surface area contributed by atoms with E-state index >= 15 is 0 Å². The van der Waals surface area contributed by atoms with Crippen molar-refractivity contribution in [2.75, 3.05) is 13.1 Å². The van der Waals surface area contributed by atoms with E-state index in [2.05, 4.69) is 4.98 Å². The number of amides is 1. The molecule has 0 bridgehead atoms. The maximum absolute atomic E-state index is 12.1. The average Bonchev–Trinajstić information content (AvgIpc) is 2.51. The van der Waals surface area contributed by atoms with Crippen molar-refractivity contribution in [1.29, 1.82) is 0 Å². The van der Waals surface area contributed by atoms with E-state index < -0.39 is 0 Å². The summed E-state index contributed by atoms with van der Waals surface area (Å²) < 4.78 is 5.79. The first-order valence-corrected chi connectivity index (χ1v) is 7.69. The lowest BCUT2D eigenvalue weighted by molar-refractivity contribution is -0.139. The molecule has 0 atom stereocenters. The topological polar surface area (TPSA) is 42.4 Å². The van der Waals surface area contributed by atoms with Crippen molar-refractivity contribution in [2.24, 2.45) is 0 Å². The molecule has 0 saturated carbocycles. The molecule has 0 aliphatic carbocycles. The van der Waals surface area contributed by atoms with E-state index in [1.807, 2.05) is 41.3 Å². The van der Waals surface area contributed by atoms with Crippen LogP contribution < -0.4 is 4.74 Å². The highest BCUT2D eigenvalue weighted by Crippen LogP contribution is 2.26. The highest BCUT2D eigenvalue weighted by Gasteiger charge is 2.32. The van der Waals surface area contributed by atoms with Gasteiger partial charge in [0, 0.05) is 18.3 Å². The number of benzene rings is 1. The minimum absolute atomic E-state index is 0.0266. The highest BCUT2D eigenvalue weighted by molar-refractivity contribution is 6.32. The predicted molar refractivity (Wildman–Crippen MR) is 85.0 cm³/mol. The molecule has 114 valence electrons. The Balaban J connectivity index is 1.43. The Morgan fingerprint density at radius 1 is 1.23 bits per heavy atom. The molecule has 4 nitrogen and oxygen atoms in total. The molecule has 0 spiro atoms. The maximum Gasteiger partial charge on any atom is 0.223 e. The van der Waals surface area contributed by atoms with Gasteiger partial charge in [0.15, 0.2) is 0 Å². The van der Waals surface area contributed by atoms with Crippen LogP contribution in [0.2, 0.25) is 5.02 Å². The number of pyridine rings is 1. The minimum Gasteiger partial charge on any atom is -0.485 e. The summed E-state index contributed by atoms with van der Waals surface area (Å²) in [5.74, 6) is 0.819. The first-order chi connectivity index (χ1) is 10.7. The van der Waals surface area contributed by atoms with E-state index in [0.717, 1.165) is 5.69 Å². The molecule has 1 aliphatic heterocycles. The SMILES string of the molecule is O=C(CCc1ccccn1)N1CC(Oc2ccccc2Cl)C1. The van der Waals surface area contributed by atoms with Crippen LogP contribution >= 0.6 is 11.6 Å². The Morgan fingerprint density at radius 2 is 2.00 bits per heavy atom. The standard InChI is InChI=1S/C17H17ClN2O2/c18-15-6-1-2-7-16(15)22-14-11-20(12-14)17(21)9-8-13-5-3-4-10-19-13/h1-7,10,14H,8-9,11-12H2. The van der Waals surface area contributed by atoms with E-state index in [-0.39, 0.29) is 12.0 Å². The lowest BCUT2D eigenvalue weighted by Gasteiger charge is -2.39. The lowest BCUT2D eigenvalue weighted by Crippen LogP contribution is -2.56. The van der Waals surface area contributed by atoms with Crippen molar-refractivity contribution < 1.29 is 9.53 Å². The molecular formula is C17H17ClN2O2. The molecule has 1 aliphatic rings. The zero-order chi connectivity index (χ0) is 15.4. The third-order valence-electron chi connectivity index (χ3n) is 3.65. The molecular weight excluding hydrogens is 300 g/mol. The van der Waals surface area contributed by atoms with Gasteiger partial charge in [-0.25, -0.2) is 0 Å². The van der Waals surface area contributed by atoms with Gasteiger partial charge in [0.1, 0.15) is 11.9 Å². The van der Waals surface area contributed by atoms with Crippen molar-refractivity contribution in [3.05, 3.63) is 59.4 Å². The molecule has 1 aromatic carbocycles. The van der Waals surface area contributed by atoms with E-state index in [9.17, 15) is 4.79 Å². The summed E-state index contributed by atoms with van der Waals surface area (Å²) in [6, 6.07) is 13.1. The summed E-state index contributed by atoms with van der Waals surface area (Å²) in [4.78, 5) is 18.1. The molecule has 2 heterocycles. The second-order valence-electron chi connectivity index (χ2n) is 5.29. The van der Waals surface area contributed by atoms with Crippen molar-refractivity contribution >= 4 is 17.5 Å². The summed E-state index contributed by atoms with van der Waals surface area (Å²) in [6.07, 6.45) is 2.93. The molecule has 0 unspecified atom stereocenters. The van der Waals surface area contributed by atoms with Gasteiger partial charge in [0.2, 0.25) is 5.91 Å². The van der Waals surface area contributed by atoms with E-state index in [1.54, 1.807) is 12.3 Å². The van der Waals surface area contributed by atoms with Crippen LogP contribution in [0.25, 0.3) is 0 Å². The minimum atomic E-state index is 0.0266. The summed E-state index contributed by atoms with van der Waals surface area (Å²) in [7, 11) is 0. The molecule has 0 radical (unpaired) electrons. The number of para-hydroxylation sites is 1. The van der Waals surface area contributed by atoms with Gasteiger partial charge in [-0.3, -0.25) is 9.78 Å². The number of hydrogen-bond acceptors (Lipinski definition) is 3. The molecule has 0 N–H and O–H groups in total. The fraction of sp³-hybridized carbons (Fsp3) is 0.294. The number of nitrogens with zero attached hydrogens (tertiary/aromatic N) is 2. The number of rotatable bonds is 5. The largest absolute Gasteiger partial charge is 0.485 e. The summed E-state index contributed by atoms with van der Waals surface area (Å²) in [5, 5.41) is 0.599. The quantitative estimate of drug-likeness (QED) is 0.851. The molecule has 1 aromatic heterocycles. The number of carbonyl (C=O) groups is 1. The van der Waals surface area contributed by atoms with Crippen molar-refractivity contribution in [2.45, 2.75) is 18.9 Å². The van der Waals surface area contributed by atoms with Gasteiger partial charge in [-0.2, -0.15) is 0 Å². The number of aromatic nitrogens is 1. The van der Waals surface area contributed by atoms with Gasteiger partial charge < -0.3 is 9.64 Å². The Labute approximate surface area is 134 Å². The molecule has 1 saturated heterocycles. The van der Waals surface area contributed by atoms with E-state index in [0.29, 0.717) is 36.7 Å². The molecule has 22 heavy (non-hydrogen) atoms. The van der Waals surface area contributed by atoms with Crippen molar-refractivity contribution in [1.82, 2.24) is 9.88 Å². The smallest absolute Gasteiger partial charge is 0.223 e. The van der Waals surface area contributed by atoms with Crippen LogP contribution in [0.1, 0.15) is 12.1 Å². The first kappa shape index (κ1) is 14.9. The molecule has 5 heteroatoms. The van der Waals surface area contributed by atoms with Crippen LogP contribution in [0.4, 0.5) is 0 Å². The summed E-state index contributed by atoms with van der Waals surface area (Å²) in [6.45, 7) is 1.23. The Hall–Kier alpha value is -2.07. The number of halogens is 1. The summed E-state index contributed by atoms with van der Waals surface area (Å²) in [5.41, 5.74) is 0.945.